The fourth-order valence-corrected chi connectivity index (χ4v) is 3.97. The number of hydrogen-bond acceptors (Lipinski definition) is 6. The molecule has 0 saturated carbocycles. The van der Waals surface area contributed by atoms with Gasteiger partial charge in [-0.05, 0) is 84.1 Å². The van der Waals surface area contributed by atoms with Crippen LogP contribution in [0.4, 0.5) is 4.79 Å². The summed E-state index contributed by atoms with van der Waals surface area (Å²) in [5, 5.41) is 33.7. The third-order valence-electron chi connectivity index (χ3n) is 5.63. The summed E-state index contributed by atoms with van der Waals surface area (Å²) in [5.41, 5.74) is 0.693. The number of benzene rings is 2. The molecule has 0 aliphatic carbocycles. The van der Waals surface area contributed by atoms with Gasteiger partial charge in [0.05, 0.1) is 18.1 Å². The molecule has 2 rings (SSSR count). The first-order valence-corrected chi connectivity index (χ1v) is 13.2. The van der Waals surface area contributed by atoms with Gasteiger partial charge < -0.3 is 30.1 Å². The molecule has 0 bridgehead atoms. The van der Waals surface area contributed by atoms with Crippen LogP contribution in [-0.4, -0.2) is 56.8 Å². The van der Waals surface area contributed by atoms with Gasteiger partial charge in [0, 0.05) is 6.04 Å². The lowest BCUT2D eigenvalue weighted by atomic mass is 9.93. The van der Waals surface area contributed by atoms with Gasteiger partial charge in [0.2, 0.25) is 0 Å². The molecule has 4 atom stereocenters. The Hall–Kier alpha value is -3.36. The Bertz CT molecular complexity index is 1070. The van der Waals surface area contributed by atoms with Crippen LogP contribution in [-0.2, 0) is 22.4 Å². The highest BCUT2D eigenvalue weighted by atomic mass is 16.6. The van der Waals surface area contributed by atoms with Gasteiger partial charge in [0.25, 0.3) is 0 Å². The van der Waals surface area contributed by atoms with Crippen molar-refractivity contribution in [2.45, 2.75) is 90.3 Å². The molecule has 4 N–H and O–H groups in total. The van der Waals surface area contributed by atoms with Gasteiger partial charge >= 0.3 is 12.1 Å². The number of aliphatic hydroxyl groups is 2. The van der Waals surface area contributed by atoms with Crippen LogP contribution in [0.15, 0.2) is 66.7 Å². The van der Waals surface area contributed by atoms with E-state index in [2.05, 4.69) is 5.32 Å². The average molecular weight is 542 g/mol. The van der Waals surface area contributed by atoms with Crippen LogP contribution < -0.4 is 10.1 Å². The molecular formula is C31H43NO7. The van der Waals surface area contributed by atoms with E-state index in [4.69, 9.17) is 9.47 Å². The van der Waals surface area contributed by atoms with Gasteiger partial charge in [-0.3, -0.25) is 4.79 Å². The zero-order valence-corrected chi connectivity index (χ0v) is 23.8. The molecule has 214 valence electrons. The molecule has 2 aromatic rings. The molecule has 8 nitrogen and oxygen atoms in total. The number of hydrogen-bond donors (Lipinski definition) is 4. The van der Waals surface area contributed by atoms with Gasteiger partial charge in [0.1, 0.15) is 17.0 Å². The summed E-state index contributed by atoms with van der Waals surface area (Å²) in [6, 6.07) is 16.1. The number of carboxylic acids is 1. The molecule has 8 heteroatoms. The number of ether oxygens (including phenoxy) is 2. The maximum Gasteiger partial charge on any atom is 0.407 e. The van der Waals surface area contributed by atoms with Crippen LogP contribution in [0.3, 0.4) is 0 Å². The quantitative estimate of drug-likeness (QED) is 0.281. The van der Waals surface area contributed by atoms with Crippen LogP contribution in [0.2, 0.25) is 0 Å². The molecule has 0 saturated heterocycles. The fraction of sp³-hybridized carbons (Fsp3) is 0.484. The number of carboxylic acid groups (broad SMARTS) is 1. The lowest BCUT2D eigenvalue weighted by molar-refractivity contribution is -0.144. The predicted molar refractivity (Wildman–Crippen MR) is 151 cm³/mol. The van der Waals surface area contributed by atoms with Crippen LogP contribution >= 0.6 is 0 Å². The third-order valence-corrected chi connectivity index (χ3v) is 5.63. The van der Waals surface area contributed by atoms with Gasteiger partial charge in [-0.2, -0.15) is 0 Å². The minimum absolute atomic E-state index is 0.124. The zero-order chi connectivity index (χ0) is 29.2. The number of rotatable bonds is 12. The maximum absolute atomic E-state index is 12.5. The second kappa shape index (κ2) is 14.1. The van der Waals surface area contributed by atoms with Crippen molar-refractivity contribution in [1.29, 1.82) is 0 Å². The lowest BCUT2D eigenvalue weighted by Gasteiger charge is -2.25. The third kappa shape index (κ3) is 12.8. The van der Waals surface area contributed by atoms with Crippen molar-refractivity contribution in [3.63, 3.8) is 0 Å². The maximum atomic E-state index is 12.5. The van der Waals surface area contributed by atoms with E-state index in [9.17, 15) is 24.9 Å². The van der Waals surface area contributed by atoms with Crippen LogP contribution in [0.1, 0.15) is 59.1 Å². The van der Waals surface area contributed by atoms with Crippen LogP contribution in [0.5, 0.6) is 5.75 Å². The molecule has 39 heavy (non-hydrogen) atoms. The van der Waals surface area contributed by atoms with E-state index in [0.29, 0.717) is 6.42 Å². The number of carbonyl (C=O) groups excluding carboxylic acids is 1. The van der Waals surface area contributed by atoms with Crippen LogP contribution in [0.25, 0.3) is 0 Å². The van der Waals surface area contributed by atoms with E-state index in [1.54, 1.807) is 32.9 Å². The first-order valence-electron chi connectivity index (χ1n) is 13.2. The highest BCUT2D eigenvalue weighted by Gasteiger charge is 2.26. The Balaban J connectivity index is 2.10. The van der Waals surface area contributed by atoms with Crippen molar-refractivity contribution >= 4 is 12.1 Å². The number of alkyl carbamates (subject to hydrolysis) is 1. The van der Waals surface area contributed by atoms with Gasteiger partial charge in [-0.15, -0.1) is 0 Å². The van der Waals surface area contributed by atoms with E-state index in [-0.39, 0.29) is 18.4 Å². The van der Waals surface area contributed by atoms with Crippen molar-refractivity contribution in [3.05, 3.63) is 77.9 Å². The predicted octanol–water partition coefficient (Wildman–Crippen LogP) is 4.91. The van der Waals surface area contributed by atoms with Crippen molar-refractivity contribution in [1.82, 2.24) is 5.32 Å². The molecule has 0 fully saturated rings. The second-order valence-electron chi connectivity index (χ2n) is 11.7. The monoisotopic (exact) mass is 541 g/mol. The van der Waals surface area contributed by atoms with Gasteiger partial charge in [0.15, 0.2) is 0 Å². The first kappa shape index (κ1) is 31.9. The summed E-state index contributed by atoms with van der Waals surface area (Å²) in [5.74, 6) is -1.47. The van der Waals surface area contributed by atoms with Crippen molar-refractivity contribution in [2.24, 2.45) is 5.92 Å². The standard InChI is InChI=1S/C31H43NO7/c1-30(2,3)38-25-15-12-22(13-16-25)18-23(32-29(37)39-31(4,5)6)20-24(33)14-17-27(34)26(28(35)36)19-21-10-8-7-9-11-21/h7-17,23-24,26-27,33-34H,18-20H2,1-6H3,(H,32,37)(H,35,36)/t23-,24+,26-,27+/m0/s1. The van der Waals surface area contributed by atoms with Gasteiger partial charge in [-0.1, -0.05) is 54.6 Å². The number of carbonyl (C=O) groups is 2. The minimum Gasteiger partial charge on any atom is -0.488 e. The van der Waals surface area contributed by atoms with Crippen LogP contribution in [0, 0.1) is 5.92 Å². The van der Waals surface area contributed by atoms with Crippen molar-refractivity contribution in [3.8, 4) is 5.75 Å². The van der Waals surface area contributed by atoms with Crippen molar-refractivity contribution in [2.75, 3.05) is 0 Å². The number of aliphatic carboxylic acids is 1. The molecule has 0 aliphatic rings. The Labute approximate surface area is 231 Å². The highest BCUT2D eigenvalue weighted by molar-refractivity contribution is 5.71. The molecular weight excluding hydrogens is 498 g/mol. The smallest absolute Gasteiger partial charge is 0.407 e. The summed E-state index contributed by atoms with van der Waals surface area (Å²) < 4.78 is 11.3. The largest absolute Gasteiger partial charge is 0.488 e. The van der Waals surface area contributed by atoms with Crippen molar-refractivity contribution < 1.29 is 34.4 Å². The average Bonchev–Trinajstić information content (AvgIpc) is 2.80. The Kier molecular flexibility index (Phi) is 11.6. The molecule has 0 unspecified atom stereocenters. The SMILES string of the molecule is CC(C)(C)OC(=O)N[C@@H](Cc1ccc(OC(C)(C)C)cc1)C[C@H](O)C=C[C@@H](O)[C@H](Cc1ccccc1)C(=O)O. The normalized spacial score (nSPS) is 15.3. The van der Waals surface area contributed by atoms with E-state index >= 15 is 0 Å². The number of aliphatic hydroxyl groups excluding tert-OH is 2. The van der Waals surface area contributed by atoms with Gasteiger partial charge in [-0.25, -0.2) is 4.79 Å². The zero-order valence-electron chi connectivity index (χ0n) is 23.8. The molecule has 0 aliphatic heterocycles. The summed E-state index contributed by atoms with van der Waals surface area (Å²) in [4.78, 5) is 24.3. The summed E-state index contributed by atoms with van der Waals surface area (Å²) in [6.45, 7) is 11.2. The van der Waals surface area contributed by atoms with E-state index in [1.165, 1.54) is 12.2 Å². The summed E-state index contributed by atoms with van der Waals surface area (Å²) in [7, 11) is 0. The molecule has 1 amide bonds. The summed E-state index contributed by atoms with van der Waals surface area (Å²) >= 11 is 0. The Morgan fingerprint density at radius 3 is 1.97 bits per heavy atom. The lowest BCUT2D eigenvalue weighted by Crippen LogP contribution is -2.41. The molecule has 0 radical (unpaired) electrons. The van der Waals surface area contributed by atoms with E-state index in [1.807, 2.05) is 63.2 Å². The second-order valence-corrected chi connectivity index (χ2v) is 11.7. The Morgan fingerprint density at radius 2 is 1.44 bits per heavy atom. The number of nitrogens with one attached hydrogen (secondary N) is 1. The first-order chi connectivity index (χ1) is 18.1. The Morgan fingerprint density at radius 1 is 0.846 bits per heavy atom. The minimum atomic E-state index is -1.30. The number of amides is 1. The molecule has 0 spiro atoms. The van der Waals surface area contributed by atoms with E-state index < -0.39 is 41.8 Å². The van der Waals surface area contributed by atoms with E-state index in [0.717, 1.165) is 16.9 Å². The molecule has 2 aromatic carbocycles. The summed E-state index contributed by atoms with van der Waals surface area (Å²) in [6.07, 6.45) is 0.401. The topological polar surface area (TPSA) is 125 Å². The molecule has 0 aromatic heterocycles. The fourth-order valence-electron chi connectivity index (χ4n) is 3.97. The molecule has 0 heterocycles. The highest BCUT2D eigenvalue weighted by Crippen LogP contribution is 2.20.